The summed E-state index contributed by atoms with van der Waals surface area (Å²) in [5.74, 6) is -2.08. The third-order valence-corrected chi connectivity index (χ3v) is 3.09. The van der Waals surface area contributed by atoms with Crippen molar-refractivity contribution in [1.29, 1.82) is 5.26 Å². The van der Waals surface area contributed by atoms with Crippen molar-refractivity contribution >= 4 is 23.4 Å². The molecule has 2 amide bonds. The van der Waals surface area contributed by atoms with E-state index in [0.29, 0.717) is 0 Å². The average molecular weight is 348 g/mol. The number of amides is 2. The summed E-state index contributed by atoms with van der Waals surface area (Å²) in [5, 5.41) is 9.05. The minimum atomic E-state index is -0.838. The lowest BCUT2D eigenvalue weighted by Crippen LogP contribution is -2.44. The summed E-state index contributed by atoms with van der Waals surface area (Å²) in [5.41, 5.74) is 4.15. The zero-order valence-electron chi connectivity index (χ0n) is 12.2. The number of hydrogen-bond acceptors (Lipinski definition) is 4. The minimum Gasteiger partial charge on any atom is -0.482 e. The van der Waals surface area contributed by atoms with Gasteiger partial charge in [-0.15, -0.1) is 0 Å². The van der Waals surface area contributed by atoms with Crippen LogP contribution in [0.1, 0.15) is 15.9 Å². The maximum Gasteiger partial charge on any atom is 0.276 e. The SMILES string of the molecule is N#Cc1ccccc1OCC(=O)NNC(=O)c1ccc(Cl)cc1F. The molecule has 0 aliphatic carbocycles. The smallest absolute Gasteiger partial charge is 0.276 e. The third kappa shape index (κ3) is 4.44. The van der Waals surface area contributed by atoms with E-state index < -0.39 is 24.2 Å². The van der Waals surface area contributed by atoms with Crippen molar-refractivity contribution in [2.75, 3.05) is 6.61 Å². The Morgan fingerprint density at radius 3 is 2.67 bits per heavy atom. The van der Waals surface area contributed by atoms with Crippen LogP contribution in [0.4, 0.5) is 4.39 Å². The Bertz CT molecular complexity index is 820. The molecule has 0 saturated carbocycles. The molecule has 0 saturated heterocycles. The second-order valence-corrected chi connectivity index (χ2v) is 4.96. The molecule has 6 nitrogen and oxygen atoms in total. The fourth-order valence-corrected chi connectivity index (χ4v) is 1.89. The first-order valence-corrected chi connectivity index (χ1v) is 7.05. The molecule has 122 valence electrons. The zero-order chi connectivity index (χ0) is 17.5. The minimum absolute atomic E-state index is 0.151. The van der Waals surface area contributed by atoms with Crippen molar-refractivity contribution in [1.82, 2.24) is 10.9 Å². The van der Waals surface area contributed by atoms with Crippen molar-refractivity contribution in [2.24, 2.45) is 0 Å². The van der Waals surface area contributed by atoms with Gasteiger partial charge in [0.05, 0.1) is 11.1 Å². The quantitative estimate of drug-likeness (QED) is 0.829. The molecule has 2 N–H and O–H groups in total. The predicted molar refractivity (Wildman–Crippen MR) is 83.7 cm³/mol. The molecular weight excluding hydrogens is 337 g/mol. The van der Waals surface area contributed by atoms with Crippen LogP contribution < -0.4 is 15.6 Å². The molecule has 0 aromatic heterocycles. The summed E-state index contributed by atoms with van der Waals surface area (Å²) >= 11 is 5.59. The molecule has 2 aromatic rings. The Hall–Kier alpha value is -3.11. The molecule has 0 spiro atoms. The summed E-state index contributed by atoms with van der Waals surface area (Å²) in [7, 11) is 0. The first-order valence-electron chi connectivity index (χ1n) is 6.67. The predicted octanol–water partition coefficient (Wildman–Crippen LogP) is 2.19. The van der Waals surface area contributed by atoms with Crippen LogP contribution in [0, 0.1) is 17.1 Å². The van der Waals surface area contributed by atoms with Crippen LogP contribution in [0.3, 0.4) is 0 Å². The van der Waals surface area contributed by atoms with E-state index in [1.54, 1.807) is 18.2 Å². The molecule has 0 aliphatic rings. The van der Waals surface area contributed by atoms with Crippen LogP contribution in [0.2, 0.25) is 5.02 Å². The molecule has 2 aromatic carbocycles. The monoisotopic (exact) mass is 347 g/mol. The number of benzene rings is 2. The lowest BCUT2D eigenvalue weighted by atomic mass is 10.2. The van der Waals surface area contributed by atoms with Crippen molar-refractivity contribution in [2.45, 2.75) is 0 Å². The van der Waals surface area contributed by atoms with Gasteiger partial charge in [0.25, 0.3) is 11.8 Å². The molecule has 8 heteroatoms. The molecule has 0 radical (unpaired) electrons. The Morgan fingerprint density at radius 1 is 1.21 bits per heavy atom. The molecular formula is C16H11ClFN3O3. The van der Waals surface area contributed by atoms with E-state index in [1.807, 2.05) is 6.07 Å². The summed E-state index contributed by atoms with van der Waals surface area (Å²) < 4.78 is 18.8. The first kappa shape index (κ1) is 17.2. The molecule has 0 unspecified atom stereocenters. The van der Waals surface area contributed by atoms with Crippen molar-refractivity contribution < 1.29 is 18.7 Å². The molecule has 0 bridgehead atoms. The Labute approximate surface area is 141 Å². The van der Waals surface area contributed by atoms with Gasteiger partial charge in [0, 0.05) is 5.02 Å². The number of ether oxygens (including phenoxy) is 1. The number of carbonyl (C=O) groups is 2. The zero-order valence-corrected chi connectivity index (χ0v) is 12.9. The number of nitrogens with one attached hydrogen (secondary N) is 2. The van der Waals surface area contributed by atoms with Crippen LogP contribution in [0.15, 0.2) is 42.5 Å². The molecule has 0 fully saturated rings. The summed E-state index contributed by atoms with van der Waals surface area (Å²) in [6, 6.07) is 11.8. The highest BCUT2D eigenvalue weighted by Gasteiger charge is 2.13. The van der Waals surface area contributed by atoms with Crippen LogP contribution in [-0.4, -0.2) is 18.4 Å². The van der Waals surface area contributed by atoms with E-state index in [2.05, 4.69) is 10.9 Å². The Kier molecular flexibility index (Phi) is 5.71. The molecule has 0 atom stereocenters. The van der Waals surface area contributed by atoms with Gasteiger partial charge in [-0.1, -0.05) is 23.7 Å². The molecule has 24 heavy (non-hydrogen) atoms. The number of halogens is 2. The molecule has 0 aliphatic heterocycles. The highest BCUT2D eigenvalue weighted by atomic mass is 35.5. The van der Waals surface area contributed by atoms with Gasteiger partial charge >= 0.3 is 0 Å². The van der Waals surface area contributed by atoms with E-state index in [9.17, 15) is 14.0 Å². The van der Waals surface area contributed by atoms with E-state index in [-0.39, 0.29) is 21.9 Å². The van der Waals surface area contributed by atoms with Crippen molar-refractivity contribution in [3.05, 3.63) is 64.4 Å². The Balaban J connectivity index is 1.87. The second-order valence-electron chi connectivity index (χ2n) is 4.52. The molecule has 0 heterocycles. The van der Waals surface area contributed by atoms with Gasteiger partial charge in [0.1, 0.15) is 17.6 Å². The van der Waals surface area contributed by atoms with Crippen molar-refractivity contribution in [3.8, 4) is 11.8 Å². The normalized spacial score (nSPS) is 9.71. The fourth-order valence-electron chi connectivity index (χ4n) is 1.73. The molecule has 2 rings (SSSR count). The maximum absolute atomic E-state index is 13.6. The first-order chi connectivity index (χ1) is 11.5. The number of nitriles is 1. The van der Waals surface area contributed by atoms with Gasteiger partial charge in [-0.2, -0.15) is 5.26 Å². The van der Waals surface area contributed by atoms with Gasteiger partial charge in [0.15, 0.2) is 6.61 Å². The number of rotatable bonds is 4. The van der Waals surface area contributed by atoms with E-state index in [0.717, 1.165) is 6.07 Å². The van der Waals surface area contributed by atoms with Crippen LogP contribution >= 0.6 is 11.6 Å². The summed E-state index contributed by atoms with van der Waals surface area (Å²) in [4.78, 5) is 23.4. The van der Waals surface area contributed by atoms with Gasteiger partial charge in [-0.05, 0) is 30.3 Å². The lowest BCUT2D eigenvalue weighted by molar-refractivity contribution is -0.123. The number of hydrogen-bond donors (Lipinski definition) is 2. The van der Waals surface area contributed by atoms with Gasteiger partial charge < -0.3 is 4.74 Å². The van der Waals surface area contributed by atoms with E-state index in [1.165, 1.54) is 18.2 Å². The van der Waals surface area contributed by atoms with E-state index in [4.69, 9.17) is 21.6 Å². The average Bonchev–Trinajstić information content (AvgIpc) is 2.58. The number of hydrazine groups is 1. The number of nitrogens with zero attached hydrogens (tertiary/aromatic N) is 1. The largest absolute Gasteiger partial charge is 0.482 e. The standard InChI is InChI=1S/C16H11ClFN3O3/c17-11-5-6-12(13(18)7-11)16(23)21-20-15(22)9-24-14-4-2-1-3-10(14)8-19/h1-7H,9H2,(H,20,22)(H,21,23). The van der Waals surface area contributed by atoms with Crippen LogP contribution in [-0.2, 0) is 4.79 Å². The summed E-state index contributed by atoms with van der Waals surface area (Å²) in [6.45, 7) is -0.428. The van der Waals surface area contributed by atoms with Crippen LogP contribution in [0.25, 0.3) is 0 Å². The number of carbonyl (C=O) groups excluding carboxylic acids is 2. The second kappa shape index (κ2) is 7.94. The lowest BCUT2D eigenvalue weighted by Gasteiger charge is -2.10. The summed E-state index contributed by atoms with van der Waals surface area (Å²) in [6.07, 6.45) is 0. The Morgan fingerprint density at radius 2 is 1.96 bits per heavy atom. The van der Waals surface area contributed by atoms with Gasteiger partial charge in [-0.25, -0.2) is 4.39 Å². The van der Waals surface area contributed by atoms with E-state index >= 15 is 0 Å². The highest BCUT2D eigenvalue weighted by Crippen LogP contribution is 2.16. The fraction of sp³-hybridized carbons (Fsp3) is 0.0625. The number of para-hydroxylation sites is 1. The van der Waals surface area contributed by atoms with Crippen molar-refractivity contribution in [3.63, 3.8) is 0 Å². The third-order valence-electron chi connectivity index (χ3n) is 2.86. The maximum atomic E-state index is 13.6. The van der Waals surface area contributed by atoms with Crippen LogP contribution in [0.5, 0.6) is 5.75 Å². The topological polar surface area (TPSA) is 91.2 Å². The highest BCUT2D eigenvalue weighted by molar-refractivity contribution is 6.30. The van der Waals surface area contributed by atoms with Gasteiger partial charge in [-0.3, -0.25) is 20.4 Å². The van der Waals surface area contributed by atoms with Gasteiger partial charge in [0.2, 0.25) is 0 Å².